The summed E-state index contributed by atoms with van der Waals surface area (Å²) in [4.78, 5) is 5.52. The van der Waals surface area contributed by atoms with Gasteiger partial charge >= 0.3 is 0 Å². The van der Waals surface area contributed by atoms with Crippen molar-refractivity contribution in [2.45, 2.75) is 25.1 Å². The number of benzene rings is 1. The largest absolute Gasteiger partial charge is 0.437 e. The molecular weight excluding hydrogens is 336 g/mol. The number of fused-ring (bicyclic) bond motifs is 1. The first-order chi connectivity index (χ1) is 9.70. The lowest BCUT2D eigenvalue weighted by atomic mass is 10.0. The second-order valence-corrected chi connectivity index (χ2v) is 6.28. The fourth-order valence-corrected chi connectivity index (χ4v) is 3.41. The Kier molecular flexibility index (Phi) is 3.81. The Balaban J connectivity index is 2.03. The first-order valence-electron chi connectivity index (χ1n) is 6.48. The molecule has 2 heterocycles. The highest BCUT2D eigenvalue weighted by Crippen LogP contribution is 2.33. The summed E-state index contributed by atoms with van der Waals surface area (Å²) in [5.74, 6) is 1.99. The van der Waals surface area contributed by atoms with Crippen LogP contribution in [-0.2, 0) is 5.33 Å². The summed E-state index contributed by atoms with van der Waals surface area (Å²) in [6, 6.07) is 8.14. The lowest BCUT2D eigenvalue weighted by molar-refractivity contribution is 0.453. The van der Waals surface area contributed by atoms with Crippen LogP contribution in [0.3, 0.4) is 0 Å². The smallest absolute Gasteiger partial charge is 0.243 e. The molecule has 0 fully saturated rings. The lowest BCUT2D eigenvalue weighted by Crippen LogP contribution is -1.96. The topological polar surface area (TPSA) is 26.5 Å². The number of nitrogens with zero attached hydrogens (tertiary/aromatic N) is 2. The van der Waals surface area contributed by atoms with E-state index < -0.39 is 0 Å². The van der Waals surface area contributed by atoms with Crippen molar-refractivity contribution in [3.05, 3.63) is 47.1 Å². The van der Waals surface area contributed by atoms with Crippen molar-refractivity contribution in [2.75, 3.05) is 0 Å². The van der Waals surface area contributed by atoms with Gasteiger partial charge in [0.15, 0.2) is 4.96 Å². The van der Waals surface area contributed by atoms with Crippen molar-refractivity contribution in [3.63, 3.8) is 0 Å². The van der Waals surface area contributed by atoms with E-state index in [1.165, 1.54) is 5.56 Å². The van der Waals surface area contributed by atoms with Gasteiger partial charge in [0.2, 0.25) is 5.88 Å². The van der Waals surface area contributed by atoms with Crippen LogP contribution in [0.1, 0.15) is 31.0 Å². The van der Waals surface area contributed by atoms with Gasteiger partial charge in [-0.05, 0) is 17.5 Å². The van der Waals surface area contributed by atoms with Gasteiger partial charge in [-0.1, -0.05) is 48.0 Å². The third-order valence-corrected chi connectivity index (χ3v) is 4.49. The highest BCUT2D eigenvalue weighted by molar-refractivity contribution is 9.08. The molecule has 0 atom stereocenters. The normalized spacial score (nSPS) is 11.4. The predicted octanol–water partition coefficient (Wildman–Crippen LogP) is 5.21. The lowest BCUT2D eigenvalue weighted by Gasteiger charge is -2.12. The summed E-state index contributed by atoms with van der Waals surface area (Å²) in [5, 5.41) is 2.74. The molecule has 0 spiro atoms. The maximum absolute atomic E-state index is 6.08. The molecule has 5 heteroatoms. The van der Waals surface area contributed by atoms with Gasteiger partial charge in [0, 0.05) is 16.9 Å². The van der Waals surface area contributed by atoms with Gasteiger partial charge in [0.25, 0.3) is 0 Å². The first kappa shape index (κ1) is 13.6. The van der Waals surface area contributed by atoms with E-state index in [1.54, 1.807) is 11.3 Å². The molecule has 0 unspecified atom stereocenters. The number of alkyl halides is 1. The summed E-state index contributed by atoms with van der Waals surface area (Å²) >= 11 is 5.13. The predicted molar refractivity (Wildman–Crippen MR) is 86.3 cm³/mol. The van der Waals surface area contributed by atoms with Crippen LogP contribution in [0.25, 0.3) is 4.96 Å². The monoisotopic (exact) mass is 350 g/mol. The average molecular weight is 351 g/mol. The van der Waals surface area contributed by atoms with E-state index >= 15 is 0 Å². The molecule has 0 aliphatic heterocycles. The van der Waals surface area contributed by atoms with Crippen LogP contribution < -0.4 is 4.74 Å². The number of hydrogen-bond donors (Lipinski definition) is 0. The number of ether oxygens (including phenoxy) is 1. The maximum Gasteiger partial charge on any atom is 0.243 e. The highest BCUT2D eigenvalue weighted by atomic mass is 79.9. The van der Waals surface area contributed by atoms with Gasteiger partial charge in [-0.25, -0.2) is 0 Å². The Labute approximate surface area is 130 Å². The Bertz CT molecular complexity index is 732. The van der Waals surface area contributed by atoms with E-state index in [0.717, 1.165) is 16.4 Å². The first-order valence-corrected chi connectivity index (χ1v) is 8.48. The number of imidazole rings is 1. The average Bonchev–Trinajstić information content (AvgIpc) is 2.99. The highest BCUT2D eigenvalue weighted by Gasteiger charge is 2.16. The van der Waals surface area contributed by atoms with Gasteiger partial charge in [-0.2, -0.15) is 4.98 Å². The molecule has 3 rings (SSSR count). The molecule has 0 saturated heterocycles. The summed E-state index contributed by atoms with van der Waals surface area (Å²) < 4.78 is 8.14. The van der Waals surface area contributed by atoms with Crippen LogP contribution in [0.5, 0.6) is 11.6 Å². The van der Waals surface area contributed by atoms with E-state index in [2.05, 4.69) is 45.2 Å². The third kappa shape index (κ3) is 2.36. The minimum absolute atomic E-state index is 0.419. The standard InChI is InChI=1S/C15H15BrN2OS/c1-10(2)11-5-3-4-6-13(11)19-14-12(9-16)18-7-8-20-15(18)17-14/h3-8,10H,9H2,1-2H3. The number of hydrogen-bond acceptors (Lipinski definition) is 3. The Morgan fingerprint density at radius 3 is 2.90 bits per heavy atom. The Hall–Kier alpha value is -1.33. The summed E-state index contributed by atoms with van der Waals surface area (Å²) in [6.45, 7) is 4.33. The number of aromatic nitrogens is 2. The van der Waals surface area contributed by atoms with E-state index in [4.69, 9.17) is 4.74 Å². The molecule has 0 aliphatic rings. The van der Waals surface area contributed by atoms with Crippen molar-refractivity contribution < 1.29 is 4.74 Å². The maximum atomic E-state index is 6.08. The number of halogens is 1. The van der Waals surface area contributed by atoms with E-state index in [1.807, 2.05) is 29.8 Å². The fraction of sp³-hybridized carbons (Fsp3) is 0.267. The Morgan fingerprint density at radius 1 is 1.35 bits per heavy atom. The quantitative estimate of drug-likeness (QED) is 0.604. The van der Waals surface area contributed by atoms with E-state index in [9.17, 15) is 0 Å². The minimum Gasteiger partial charge on any atom is -0.437 e. The molecular formula is C15H15BrN2OS. The fourth-order valence-electron chi connectivity index (χ4n) is 2.17. The summed E-state index contributed by atoms with van der Waals surface area (Å²) in [6.07, 6.45) is 2.02. The van der Waals surface area contributed by atoms with Crippen LogP contribution in [0.15, 0.2) is 35.8 Å². The van der Waals surface area contributed by atoms with Gasteiger partial charge in [-0.3, -0.25) is 4.40 Å². The van der Waals surface area contributed by atoms with Crippen molar-refractivity contribution in [1.82, 2.24) is 9.38 Å². The second-order valence-electron chi connectivity index (χ2n) is 4.85. The molecule has 1 aromatic carbocycles. The molecule has 0 radical (unpaired) electrons. The minimum atomic E-state index is 0.419. The molecule has 0 amide bonds. The van der Waals surface area contributed by atoms with Gasteiger partial charge in [0.05, 0.1) is 5.69 Å². The zero-order valence-electron chi connectivity index (χ0n) is 11.3. The van der Waals surface area contributed by atoms with E-state index in [-0.39, 0.29) is 0 Å². The number of para-hydroxylation sites is 1. The zero-order chi connectivity index (χ0) is 14.1. The van der Waals surface area contributed by atoms with Crippen LogP contribution in [0.2, 0.25) is 0 Å². The molecule has 0 bridgehead atoms. The van der Waals surface area contributed by atoms with Crippen molar-refractivity contribution in [1.29, 1.82) is 0 Å². The Morgan fingerprint density at radius 2 is 2.15 bits per heavy atom. The summed E-state index contributed by atoms with van der Waals surface area (Å²) in [7, 11) is 0. The van der Waals surface area contributed by atoms with Gasteiger partial charge in [0.1, 0.15) is 5.75 Å². The molecule has 0 N–H and O–H groups in total. The van der Waals surface area contributed by atoms with Crippen molar-refractivity contribution >= 4 is 32.2 Å². The molecule has 2 aromatic heterocycles. The molecule has 3 aromatic rings. The van der Waals surface area contributed by atoms with E-state index in [0.29, 0.717) is 17.1 Å². The number of thiazole rings is 1. The van der Waals surface area contributed by atoms with Crippen LogP contribution in [-0.4, -0.2) is 9.38 Å². The van der Waals surface area contributed by atoms with Crippen LogP contribution >= 0.6 is 27.3 Å². The molecule has 104 valence electrons. The zero-order valence-corrected chi connectivity index (χ0v) is 13.7. The molecule has 20 heavy (non-hydrogen) atoms. The molecule has 3 nitrogen and oxygen atoms in total. The molecule has 0 saturated carbocycles. The SMILES string of the molecule is CC(C)c1ccccc1Oc1nc2sccn2c1CBr. The number of rotatable bonds is 4. The van der Waals surface area contributed by atoms with Gasteiger partial charge < -0.3 is 4.74 Å². The summed E-state index contributed by atoms with van der Waals surface area (Å²) in [5.41, 5.74) is 2.24. The second kappa shape index (κ2) is 5.58. The van der Waals surface area contributed by atoms with Crippen molar-refractivity contribution in [2.24, 2.45) is 0 Å². The van der Waals surface area contributed by atoms with Crippen molar-refractivity contribution in [3.8, 4) is 11.6 Å². The third-order valence-electron chi connectivity index (χ3n) is 3.20. The van der Waals surface area contributed by atoms with Gasteiger partial charge in [-0.15, -0.1) is 11.3 Å². The molecule has 0 aliphatic carbocycles. The van der Waals surface area contributed by atoms with Crippen LogP contribution in [0, 0.1) is 0 Å². The van der Waals surface area contributed by atoms with Crippen LogP contribution in [0.4, 0.5) is 0 Å².